The van der Waals surface area contributed by atoms with E-state index in [1.807, 2.05) is 57.3 Å². The van der Waals surface area contributed by atoms with Gasteiger partial charge in [-0.05, 0) is 56.7 Å². The lowest BCUT2D eigenvalue weighted by molar-refractivity contribution is 0.0147. The molecule has 0 unspecified atom stereocenters. The van der Waals surface area contributed by atoms with Crippen molar-refractivity contribution in [3.8, 4) is 0 Å². The van der Waals surface area contributed by atoms with E-state index in [0.29, 0.717) is 25.2 Å². The summed E-state index contributed by atoms with van der Waals surface area (Å²) in [7, 11) is 0. The van der Waals surface area contributed by atoms with Crippen LogP contribution in [0, 0.1) is 0 Å². The van der Waals surface area contributed by atoms with Crippen molar-refractivity contribution in [3.63, 3.8) is 0 Å². The minimum absolute atomic E-state index is 0.0683. The fourth-order valence-electron chi connectivity index (χ4n) is 3.26. The minimum Gasteiger partial charge on any atom is -0.444 e. The molecule has 1 saturated heterocycles. The Bertz CT molecular complexity index is 876. The lowest BCUT2D eigenvalue weighted by Crippen LogP contribution is -2.51. The molecule has 32 heavy (non-hydrogen) atoms. The van der Waals surface area contributed by atoms with Crippen LogP contribution >= 0.6 is 11.8 Å². The van der Waals surface area contributed by atoms with Gasteiger partial charge in [0.25, 0.3) is 5.91 Å². The lowest BCUT2D eigenvalue weighted by atomic mass is 10.2. The number of hydrogen-bond donors (Lipinski definition) is 1. The third-order valence-corrected chi connectivity index (χ3v) is 6.07. The molecule has 7 nitrogen and oxygen atoms in total. The molecular weight excluding hydrogens is 424 g/mol. The Morgan fingerprint density at radius 2 is 1.81 bits per heavy atom. The first-order valence-electron chi connectivity index (χ1n) is 10.9. The van der Waals surface area contributed by atoms with E-state index in [0.717, 1.165) is 30.3 Å². The highest BCUT2D eigenvalue weighted by Gasteiger charge is 2.25. The van der Waals surface area contributed by atoms with Gasteiger partial charge < -0.3 is 15.0 Å². The van der Waals surface area contributed by atoms with Gasteiger partial charge in [-0.15, -0.1) is 11.8 Å². The molecule has 172 valence electrons. The maximum Gasteiger partial charge on any atom is 0.410 e. The van der Waals surface area contributed by atoms with E-state index in [2.05, 4.69) is 21.3 Å². The average molecular weight is 457 g/mol. The standard InChI is InChI=1S/C24H32N4O3S/c1-24(2,3)31-23(30)28-15-13-27(14-16-28)12-11-26-22(29)20-6-8-21(9-7-20)32-18-19-5-4-10-25-17-19/h4-10,17H,11-16,18H2,1-3H3,(H,26,29). The molecule has 0 radical (unpaired) electrons. The van der Waals surface area contributed by atoms with Gasteiger partial charge in [-0.25, -0.2) is 4.79 Å². The highest BCUT2D eigenvalue weighted by Crippen LogP contribution is 2.22. The number of pyridine rings is 1. The third-order valence-electron chi connectivity index (χ3n) is 4.98. The summed E-state index contributed by atoms with van der Waals surface area (Å²) < 4.78 is 5.43. The quantitative estimate of drug-likeness (QED) is 0.641. The Morgan fingerprint density at radius 1 is 1.09 bits per heavy atom. The highest BCUT2D eigenvalue weighted by atomic mass is 32.2. The number of nitrogens with one attached hydrogen (secondary N) is 1. The number of aromatic nitrogens is 1. The van der Waals surface area contributed by atoms with Gasteiger partial charge in [0.15, 0.2) is 0 Å². The second kappa shape index (κ2) is 11.3. The third kappa shape index (κ3) is 7.84. The number of ether oxygens (including phenoxy) is 1. The molecule has 1 aromatic carbocycles. The molecule has 2 aromatic rings. The molecule has 8 heteroatoms. The molecule has 1 aliphatic heterocycles. The zero-order valence-electron chi connectivity index (χ0n) is 19.0. The van der Waals surface area contributed by atoms with Crippen molar-refractivity contribution in [2.24, 2.45) is 0 Å². The van der Waals surface area contributed by atoms with Crippen LogP contribution in [0.2, 0.25) is 0 Å². The maximum absolute atomic E-state index is 12.4. The predicted molar refractivity (Wildman–Crippen MR) is 127 cm³/mol. The van der Waals surface area contributed by atoms with E-state index < -0.39 is 5.60 Å². The van der Waals surface area contributed by atoms with Crippen molar-refractivity contribution in [1.82, 2.24) is 20.1 Å². The predicted octanol–water partition coefficient (Wildman–Crippen LogP) is 3.66. The average Bonchev–Trinajstić information content (AvgIpc) is 2.78. The van der Waals surface area contributed by atoms with Gasteiger partial charge in [0, 0.05) is 67.9 Å². The topological polar surface area (TPSA) is 74.8 Å². The molecule has 0 bridgehead atoms. The summed E-state index contributed by atoms with van der Waals surface area (Å²) in [6, 6.07) is 11.7. The summed E-state index contributed by atoms with van der Waals surface area (Å²) in [5.41, 5.74) is 1.35. The van der Waals surface area contributed by atoms with Crippen LogP contribution in [0.4, 0.5) is 4.79 Å². The molecule has 0 saturated carbocycles. The summed E-state index contributed by atoms with van der Waals surface area (Å²) in [6.07, 6.45) is 3.38. The number of amides is 2. The molecule has 3 rings (SSSR count). The van der Waals surface area contributed by atoms with E-state index in [9.17, 15) is 9.59 Å². The van der Waals surface area contributed by atoms with Gasteiger partial charge in [-0.2, -0.15) is 0 Å². The first kappa shape index (κ1) is 24.1. The van der Waals surface area contributed by atoms with E-state index in [1.54, 1.807) is 22.9 Å². The van der Waals surface area contributed by atoms with Crippen LogP contribution in [0.3, 0.4) is 0 Å². The Hall–Kier alpha value is -2.58. The number of thioether (sulfide) groups is 1. The van der Waals surface area contributed by atoms with Crippen LogP contribution in [0.1, 0.15) is 36.7 Å². The van der Waals surface area contributed by atoms with Crippen molar-refractivity contribution in [2.45, 2.75) is 37.0 Å². The molecule has 2 amide bonds. The second-order valence-corrected chi connectivity index (χ2v) is 9.79. The summed E-state index contributed by atoms with van der Waals surface area (Å²) in [5, 5.41) is 2.99. The van der Waals surface area contributed by atoms with Gasteiger partial charge >= 0.3 is 6.09 Å². The fraction of sp³-hybridized carbons (Fsp3) is 0.458. The zero-order chi connectivity index (χ0) is 23.0. The zero-order valence-corrected chi connectivity index (χ0v) is 19.9. The van der Waals surface area contributed by atoms with Crippen molar-refractivity contribution in [1.29, 1.82) is 0 Å². The minimum atomic E-state index is -0.477. The van der Waals surface area contributed by atoms with E-state index in [4.69, 9.17) is 4.74 Å². The number of rotatable bonds is 7. The van der Waals surface area contributed by atoms with Crippen molar-refractivity contribution >= 4 is 23.8 Å². The summed E-state index contributed by atoms with van der Waals surface area (Å²) >= 11 is 1.72. The molecule has 0 aliphatic carbocycles. The Kier molecular flexibility index (Phi) is 8.53. The largest absolute Gasteiger partial charge is 0.444 e. The van der Waals surface area contributed by atoms with Gasteiger partial charge in [0.1, 0.15) is 5.60 Å². The molecule has 0 atom stereocenters. The number of carbonyl (C=O) groups is 2. The molecule has 1 aliphatic rings. The van der Waals surface area contributed by atoms with E-state index in [1.165, 1.54) is 5.56 Å². The van der Waals surface area contributed by atoms with Crippen LogP contribution in [0.15, 0.2) is 53.7 Å². The molecule has 1 N–H and O–H groups in total. The van der Waals surface area contributed by atoms with Crippen LogP contribution in [-0.4, -0.2) is 71.7 Å². The van der Waals surface area contributed by atoms with Gasteiger partial charge in [-0.3, -0.25) is 14.7 Å². The first-order chi connectivity index (χ1) is 15.3. The number of carbonyl (C=O) groups excluding carboxylic acids is 2. The maximum atomic E-state index is 12.4. The highest BCUT2D eigenvalue weighted by molar-refractivity contribution is 7.98. The van der Waals surface area contributed by atoms with Crippen LogP contribution < -0.4 is 5.32 Å². The smallest absolute Gasteiger partial charge is 0.410 e. The monoisotopic (exact) mass is 456 g/mol. The summed E-state index contributed by atoms with van der Waals surface area (Å²) in [4.78, 5) is 33.8. The number of benzene rings is 1. The van der Waals surface area contributed by atoms with Crippen LogP contribution in [-0.2, 0) is 10.5 Å². The fourth-order valence-corrected chi connectivity index (χ4v) is 4.10. The van der Waals surface area contributed by atoms with Crippen LogP contribution in [0.5, 0.6) is 0 Å². The first-order valence-corrected chi connectivity index (χ1v) is 11.9. The second-order valence-electron chi connectivity index (χ2n) is 8.74. The molecule has 2 heterocycles. The lowest BCUT2D eigenvalue weighted by Gasteiger charge is -2.35. The van der Waals surface area contributed by atoms with Gasteiger partial charge in [-0.1, -0.05) is 6.07 Å². The number of hydrogen-bond acceptors (Lipinski definition) is 6. The van der Waals surface area contributed by atoms with Gasteiger partial charge in [0.05, 0.1) is 0 Å². The summed E-state index contributed by atoms with van der Waals surface area (Å²) in [6.45, 7) is 9.78. The Labute approximate surface area is 194 Å². The van der Waals surface area contributed by atoms with E-state index >= 15 is 0 Å². The molecule has 1 aromatic heterocycles. The van der Waals surface area contributed by atoms with Gasteiger partial charge in [0.2, 0.25) is 0 Å². The number of piperazine rings is 1. The molecule has 1 fully saturated rings. The normalized spacial score (nSPS) is 14.8. The Balaban J connectivity index is 1.35. The van der Waals surface area contributed by atoms with Crippen molar-refractivity contribution in [2.75, 3.05) is 39.3 Å². The Morgan fingerprint density at radius 3 is 2.44 bits per heavy atom. The van der Waals surface area contributed by atoms with Crippen molar-refractivity contribution < 1.29 is 14.3 Å². The van der Waals surface area contributed by atoms with Crippen LogP contribution in [0.25, 0.3) is 0 Å². The SMILES string of the molecule is CC(C)(C)OC(=O)N1CCN(CCNC(=O)c2ccc(SCc3cccnc3)cc2)CC1. The number of nitrogens with zero attached hydrogens (tertiary/aromatic N) is 3. The van der Waals surface area contributed by atoms with Crippen molar-refractivity contribution in [3.05, 3.63) is 59.9 Å². The molecular formula is C24H32N4O3S. The van der Waals surface area contributed by atoms with E-state index in [-0.39, 0.29) is 12.0 Å². The summed E-state index contributed by atoms with van der Waals surface area (Å²) in [5.74, 6) is 0.779. The molecule has 0 spiro atoms.